The number of unbranched alkanes of at least 4 members (excludes halogenated alkanes) is 1. The number of nitrogens with zero attached hydrogens (tertiary/aromatic N) is 2. The SMILES string of the molecule is CCCCn1ncc(CC(CC)c2ccc(C(C)(C)C)cc2)c(Cl)c1=O. The fraction of sp³-hybridized carbons (Fsp3) is 0.545. The number of rotatable bonds is 7. The second kappa shape index (κ2) is 8.85. The molecule has 0 N–H and O–H groups in total. The van der Waals surface area contributed by atoms with Crippen LogP contribution in [0.4, 0.5) is 0 Å². The predicted molar refractivity (Wildman–Crippen MR) is 110 cm³/mol. The fourth-order valence-electron chi connectivity index (χ4n) is 3.13. The van der Waals surface area contributed by atoms with E-state index in [9.17, 15) is 4.79 Å². The Morgan fingerprint density at radius 2 is 1.81 bits per heavy atom. The lowest BCUT2D eigenvalue weighted by Crippen LogP contribution is -2.25. The Hall–Kier alpha value is -1.61. The van der Waals surface area contributed by atoms with Crippen molar-refractivity contribution in [3.05, 3.63) is 62.5 Å². The molecule has 0 aliphatic rings. The van der Waals surface area contributed by atoms with Crippen molar-refractivity contribution in [3.8, 4) is 0 Å². The quantitative estimate of drug-likeness (QED) is 0.620. The highest BCUT2D eigenvalue weighted by atomic mass is 35.5. The lowest BCUT2D eigenvalue weighted by Gasteiger charge is -2.21. The summed E-state index contributed by atoms with van der Waals surface area (Å²) in [5.41, 5.74) is 3.43. The van der Waals surface area contributed by atoms with E-state index in [0.29, 0.717) is 17.5 Å². The summed E-state index contributed by atoms with van der Waals surface area (Å²) in [6.07, 6.45) is 5.45. The zero-order valence-electron chi connectivity index (χ0n) is 16.7. The number of benzene rings is 1. The first kappa shape index (κ1) is 20.7. The van der Waals surface area contributed by atoms with Gasteiger partial charge in [-0.3, -0.25) is 4.79 Å². The molecule has 0 radical (unpaired) electrons. The molecule has 0 amide bonds. The minimum absolute atomic E-state index is 0.149. The molecule has 2 rings (SSSR count). The number of hydrogen-bond donors (Lipinski definition) is 0. The topological polar surface area (TPSA) is 34.9 Å². The minimum Gasteiger partial charge on any atom is -0.266 e. The molecule has 0 aliphatic carbocycles. The number of aromatic nitrogens is 2. The van der Waals surface area contributed by atoms with Gasteiger partial charge in [-0.2, -0.15) is 5.10 Å². The van der Waals surface area contributed by atoms with Crippen molar-refractivity contribution in [2.45, 2.75) is 78.2 Å². The molecular weight excluding hydrogens is 344 g/mol. The average Bonchev–Trinajstić information content (AvgIpc) is 2.61. The third-order valence-electron chi connectivity index (χ3n) is 4.99. The van der Waals surface area contributed by atoms with E-state index in [1.54, 1.807) is 6.20 Å². The van der Waals surface area contributed by atoms with Gasteiger partial charge >= 0.3 is 0 Å². The van der Waals surface area contributed by atoms with Crippen molar-refractivity contribution in [3.63, 3.8) is 0 Å². The molecule has 1 heterocycles. The van der Waals surface area contributed by atoms with Gasteiger partial charge in [0.15, 0.2) is 0 Å². The number of aryl methyl sites for hydroxylation is 1. The van der Waals surface area contributed by atoms with Crippen molar-refractivity contribution >= 4 is 11.6 Å². The zero-order valence-corrected chi connectivity index (χ0v) is 17.4. The van der Waals surface area contributed by atoms with Gasteiger partial charge in [-0.25, -0.2) is 4.68 Å². The van der Waals surface area contributed by atoms with Crippen molar-refractivity contribution in [2.75, 3.05) is 0 Å². The largest absolute Gasteiger partial charge is 0.285 e. The molecule has 0 saturated carbocycles. The summed E-state index contributed by atoms with van der Waals surface area (Å²) >= 11 is 6.38. The fourth-order valence-corrected chi connectivity index (χ4v) is 3.35. The lowest BCUT2D eigenvalue weighted by molar-refractivity contribution is 0.537. The Bertz CT molecular complexity index is 772. The van der Waals surface area contributed by atoms with E-state index in [1.165, 1.54) is 15.8 Å². The summed E-state index contributed by atoms with van der Waals surface area (Å²) in [7, 11) is 0. The van der Waals surface area contributed by atoms with Crippen LogP contribution in [0.3, 0.4) is 0 Å². The third kappa shape index (κ3) is 4.97. The molecule has 1 atom stereocenters. The van der Waals surface area contributed by atoms with Crippen molar-refractivity contribution in [1.29, 1.82) is 0 Å². The van der Waals surface area contributed by atoms with Gasteiger partial charge < -0.3 is 0 Å². The number of halogens is 1. The van der Waals surface area contributed by atoms with Gasteiger partial charge in [0.25, 0.3) is 5.56 Å². The Kier molecular flexibility index (Phi) is 7.05. The highest BCUT2D eigenvalue weighted by molar-refractivity contribution is 6.31. The van der Waals surface area contributed by atoms with Crippen LogP contribution in [0, 0.1) is 0 Å². The molecule has 142 valence electrons. The first-order chi connectivity index (χ1) is 12.3. The second-order valence-electron chi connectivity index (χ2n) is 8.05. The van der Waals surface area contributed by atoms with Crippen molar-refractivity contribution in [1.82, 2.24) is 9.78 Å². The third-order valence-corrected chi connectivity index (χ3v) is 5.39. The molecule has 1 aromatic carbocycles. The van der Waals surface area contributed by atoms with Crippen LogP contribution >= 0.6 is 11.6 Å². The molecule has 26 heavy (non-hydrogen) atoms. The van der Waals surface area contributed by atoms with E-state index in [2.05, 4.69) is 64.0 Å². The van der Waals surface area contributed by atoms with Gasteiger partial charge in [-0.05, 0) is 47.3 Å². The minimum atomic E-state index is -0.171. The first-order valence-corrected chi connectivity index (χ1v) is 10.0. The molecule has 1 unspecified atom stereocenters. The maximum Gasteiger partial charge on any atom is 0.285 e. The van der Waals surface area contributed by atoms with Gasteiger partial charge in [-0.15, -0.1) is 0 Å². The normalized spacial score (nSPS) is 13.0. The summed E-state index contributed by atoms with van der Waals surface area (Å²) in [6, 6.07) is 8.83. The van der Waals surface area contributed by atoms with Crippen molar-refractivity contribution in [2.24, 2.45) is 0 Å². The lowest BCUT2D eigenvalue weighted by atomic mass is 9.84. The van der Waals surface area contributed by atoms with E-state index >= 15 is 0 Å². The van der Waals surface area contributed by atoms with Gasteiger partial charge in [-0.1, -0.05) is 76.9 Å². The Morgan fingerprint density at radius 1 is 1.15 bits per heavy atom. The summed E-state index contributed by atoms with van der Waals surface area (Å²) in [5, 5.41) is 4.64. The maximum absolute atomic E-state index is 12.4. The van der Waals surface area contributed by atoms with Crippen LogP contribution in [0.1, 0.15) is 76.5 Å². The van der Waals surface area contributed by atoms with E-state index in [1.807, 2.05) is 0 Å². The zero-order chi connectivity index (χ0) is 19.3. The van der Waals surface area contributed by atoms with Crippen LogP contribution in [0.2, 0.25) is 5.02 Å². The van der Waals surface area contributed by atoms with Crippen LogP contribution in [-0.4, -0.2) is 9.78 Å². The summed E-state index contributed by atoms with van der Waals surface area (Å²) in [4.78, 5) is 12.4. The summed E-state index contributed by atoms with van der Waals surface area (Å²) in [6.45, 7) is 11.6. The summed E-state index contributed by atoms with van der Waals surface area (Å²) < 4.78 is 1.48. The Balaban J connectivity index is 2.22. The molecule has 0 fully saturated rings. The van der Waals surface area contributed by atoms with Gasteiger partial charge in [0, 0.05) is 6.54 Å². The molecule has 4 heteroatoms. The van der Waals surface area contributed by atoms with Crippen LogP contribution in [0.15, 0.2) is 35.3 Å². The monoisotopic (exact) mass is 374 g/mol. The van der Waals surface area contributed by atoms with Crippen LogP contribution in [0.5, 0.6) is 0 Å². The highest BCUT2D eigenvalue weighted by Gasteiger charge is 2.18. The second-order valence-corrected chi connectivity index (χ2v) is 8.42. The highest BCUT2D eigenvalue weighted by Crippen LogP contribution is 2.29. The van der Waals surface area contributed by atoms with Gasteiger partial charge in [0.1, 0.15) is 5.02 Å². The number of hydrogen-bond acceptors (Lipinski definition) is 2. The maximum atomic E-state index is 12.4. The molecule has 3 nitrogen and oxygen atoms in total. The van der Waals surface area contributed by atoms with Crippen LogP contribution in [0.25, 0.3) is 0 Å². The van der Waals surface area contributed by atoms with E-state index in [0.717, 1.165) is 31.2 Å². The molecule has 0 spiro atoms. The Morgan fingerprint density at radius 3 is 2.35 bits per heavy atom. The van der Waals surface area contributed by atoms with E-state index in [4.69, 9.17) is 11.6 Å². The van der Waals surface area contributed by atoms with Gasteiger partial charge in [0.2, 0.25) is 0 Å². The molecular formula is C22H31ClN2O. The molecule has 0 aliphatic heterocycles. The Labute approximate surface area is 162 Å². The smallest absolute Gasteiger partial charge is 0.266 e. The molecule has 0 bridgehead atoms. The van der Waals surface area contributed by atoms with E-state index < -0.39 is 0 Å². The summed E-state index contributed by atoms with van der Waals surface area (Å²) in [5.74, 6) is 0.328. The standard InChI is InChI=1S/C22H31ClN2O/c1-6-8-13-25-21(26)20(23)18(15-24-25)14-16(7-2)17-9-11-19(12-10-17)22(3,4)5/h9-12,15-16H,6-8,13-14H2,1-5H3. The molecule has 1 aromatic heterocycles. The molecule has 2 aromatic rings. The average molecular weight is 375 g/mol. The first-order valence-electron chi connectivity index (χ1n) is 9.62. The van der Waals surface area contributed by atoms with E-state index in [-0.39, 0.29) is 11.0 Å². The van der Waals surface area contributed by atoms with Crippen LogP contribution < -0.4 is 5.56 Å². The van der Waals surface area contributed by atoms with Crippen LogP contribution in [-0.2, 0) is 18.4 Å². The van der Waals surface area contributed by atoms with Crippen molar-refractivity contribution < 1.29 is 0 Å². The van der Waals surface area contributed by atoms with Gasteiger partial charge in [0.05, 0.1) is 6.20 Å². The molecule has 0 saturated heterocycles. The predicted octanol–water partition coefficient (Wildman–Crippen LogP) is 5.73.